The van der Waals surface area contributed by atoms with E-state index < -0.39 is 23.5 Å². The number of carbonyl (C=O) groups is 2. The largest absolute Gasteiger partial charge is 0.548 e. The highest BCUT2D eigenvalue weighted by Crippen LogP contribution is 2.24. The van der Waals surface area contributed by atoms with E-state index in [0.717, 1.165) is 0 Å². The van der Waals surface area contributed by atoms with Crippen LogP contribution >= 0.6 is 0 Å². The molecule has 2 aromatic carbocycles. The van der Waals surface area contributed by atoms with Gasteiger partial charge in [0, 0.05) is 11.5 Å². The van der Waals surface area contributed by atoms with Crippen molar-refractivity contribution in [2.24, 2.45) is 0 Å². The number of aromatic hydroxyl groups is 1. The molecule has 30 heavy (non-hydrogen) atoms. The van der Waals surface area contributed by atoms with Crippen LogP contribution < -0.4 is 20.8 Å². The average molecular weight is 410 g/mol. The molecule has 0 aliphatic heterocycles. The molecular formula is C22H20NO7-. The molecule has 1 heterocycles. The number of phenolic OH excluding ortho intramolecular Hbond substituents is 1. The minimum Gasteiger partial charge on any atom is -0.548 e. The minimum atomic E-state index is -1.45. The Morgan fingerprint density at radius 2 is 1.90 bits per heavy atom. The van der Waals surface area contributed by atoms with Gasteiger partial charge in [-0.15, -0.1) is 0 Å². The summed E-state index contributed by atoms with van der Waals surface area (Å²) in [6.07, 6.45) is -0.366. The first kappa shape index (κ1) is 20.9. The van der Waals surface area contributed by atoms with Crippen molar-refractivity contribution in [1.29, 1.82) is 0 Å². The van der Waals surface area contributed by atoms with Crippen molar-refractivity contribution in [3.63, 3.8) is 0 Å². The molecule has 3 aromatic rings. The molecule has 2 N–H and O–H groups in total. The Bertz CT molecular complexity index is 1150. The Morgan fingerprint density at radius 1 is 1.20 bits per heavy atom. The maximum absolute atomic E-state index is 12.5. The molecule has 156 valence electrons. The fourth-order valence-electron chi connectivity index (χ4n) is 3.17. The number of carboxylic acid groups (broad SMARTS) is 1. The topological polar surface area (TPSA) is 129 Å². The number of fused-ring (bicyclic) bond motifs is 1. The number of benzene rings is 2. The highest BCUT2D eigenvalue weighted by Gasteiger charge is 2.19. The SMILES string of the molecule is COc1ccc2c(C)c(CC(=O)N[C@@H](Cc3ccc(O)cc3)C(=O)[O-])c(=O)oc2c1. The highest BCUT2D eigenvalue weighted by molar-refractivity contribution is 5.87. The number of carbonyl (C=O) groups excluding carboxylic acids is 2. The van der Waals surface area contributed by atoms with E-state index in [1.165, 1.54) is 19.2 Å². The number of carboxylic acids is 1. The van der Waals surface area contributed by atoms with Crippen LogP contribution in [0.5, 0.6) is 11.5 Å². The lowest BCUT2D eigenvalue weighted by Crippen LogP contribution is -2.49. The van der Waals surface area contributed by atoms with Crippen molar-refractivity contribution in [3.05, 3.63) is 69.6 Å². The summed E-state index contributed by atoms with van der Waals surface area (Å²) in [5, 5.41) is 23.8. The van der Waals surface area contributed by atoms with Crippen LogP contribution in [0.2, 0.25) is 0 Å². The molecule has 0 fully saturated rings. The van der Waals surface area contributed by atoms with Crippen LogP contribution in [-0.2, 0) is 22.4 Å². The summed E-state index contributed by atoms with van der Waals surface area (Å²) >= 11 is 0. The van der Waals surface area contributed by atoms with Crippen LogP contribution in [0.25, 0.3) is 11.0 Å². The van der Waals surface area contributed by atoms with Gasteiger partial charge in [-0.1, -0.05) is 12.1 Å². The van der Waals surface area contributed by atoms with Gasteiger partial charge >= 0.3 is 5.63 Å². The zero-order valence-electron chi connectivity index (χ0n) is 16.4. The van der Waals surface area contributed by atoms with Crippen LogP contribution in [0.1, 0.15) is 16.7 Å². The molecule has 0 saturated heterocycles. The number of rotatable bonds is 7. The Labute approximate surface area is 171 Å². The van der Waals surface area contributed by atoms with Crippen molar-refractivity contribution >= 4 is 22.8 Å². The number of hydrogen-bond donors (Lipinski definition) is 2. The van der Waals surface area contributed by atoms with Crippen LogP contribution in [0.4, 0.5) is 0 Å². The van der Waals surface area contributed by atoms with Crippen LogP contribution in [0.15, 0.2) is 51.7 Å². The molecule has 8 heteroatoms. The van der Waals surface area contributed by atoms with E-state index in [0.29, 0.717) is 27.8 Å². The van der Waals surface area contributed by atoms with Crippen molar-refractivity contribution < 1.29 is 29.0 Å². The van der Waals surface area contributed by atoms with E-state index in [4.69, 9.17) is 9.15 Å². The fraction of sp³-hybridized carbons (Fsp3) is 0.227. The zero-order chi connectivity index (χ0) is 21.8. The standard InChI is InChI=1S/C22H21NO7/c1-12-16-8-7-15(29-2)10-19(16)30-22(28)17(12)11-20(25)23-18(21(26)27)9-13-3-5-14(24)6-4-13/h3-8,10,18,24H,9,11H2,1-2H3,(H,23,25)(H,26,27)/p-1/t18-/m0/s1. The van der Waals surface area contributed by atoms with Crippen LogP contribution in [0.3, 0.4) is 0 Å². The first-order chi connectivity index (χ1) is 14.3. The lowest BCUT2D eigenvalue weighted by atomic mass is 10.0. The van der Waals surface area contributed by atoms with Gasteiger partial charge in [-0.2, -0.15) is 0 Å². The van der Waals surface area contributed by atoms with Crippen molar-refractivity contribution in [2.75, 3.05) is 7.11 Å². The van der Waals surface area contributed by atoms with Gasteiger partial charge in [-0.3, -0.25) is 4.79 Å². The summed E-state index contributed by atoms with van der Waals surface area (Å²) in [5.41, 5.74) is 0.972. The second-order valence-corrected chi connectivity index (χ2v) is 6.84. The lowest BCUT2D eigenvalue weighted by Gasteiger charge is -2.20. The molecular weight excluding hydrogens is 390 g/mol. The van der Waals surface area contributed by atoms with Crippen molar-refractivity contribution in [3.8, 4) is 11.5 Å². The van der Waals surface area contributed by atoms with Gasteiger partial charge in [0.05, 0.1) is 31.1 Å². The molecule has 1 atom stereocenters. The third-order valence-corrected chi connectivity index (χ3v) is 4.83. The van der Waals surface area contributed by atoms with Gasteiger partial charge in [-0.05, 0) is 48.7 Å². The number of ether oxygens (including phenoxy) is 1. The van der Waals surface area contributed by atoms with E-state index in [-0.39, 0.29) is 24.2 Å². The molecule has 0 aliphatic carbocycles. The number of methoxy groups -OCH3 is 1. The van der Waals surface area contributed by atoms with E-state index in [2.05, 4.69) is 5.32 Å². The van der Waals surface area contributed by atoms with Crippen LogP contribution in [0, 0.1) is 6.92 Å². The molecule has 0 aliphatic rings. The predicted octanol–water partition coefficient (Wildman–Crippen LogP) is 0.836. The van der Waals surface area contributed by atoms with Gasteiger partial charge in [0.25, 0.3) is 0 Å². The molecule has 0 spiro atoms. The van der Waals surface area contributed by atoms with Gasteiger partial charge < -0.3 is 29.5 Å². The summed E-state index contributed by atoms with van der Waals surface area (Å²) < 4.78 is 10.4. The number of aliphatic carboxylic acids is 1. The monoisotopic (exact) mass is 410 g/mol. The Morgan fingerprint density at radius 3 is 2.53 bits per heavy atom. The molecule has 0 radical (unpaired) electrons. The fourth-order valence-corrected chi connectivity index (χ4v) is 3.17. The average Bonchev–Trinajstić information content (AvgIpc) is 2.71. The smallest absolute Gasteiger partial charge is 0.340 e. The summed E-state index contributed by atoms with van der Waals surface area (Å²) in [6, 6.07) is 9.66. The Hall–Kier alpha value is -3.81. The highest BCUT2D eigenvalue weighted by atomic mass is 16.5. The Balaban J connectivity index is 1.80. The molecule has 0 saturated carbocycles. The molecule has 0 bridgehead atoms. The van der Waals surface area contributed by atoms with Crippen molar-refractivity contribution in [2.45, 2.75) is 25.8 Å². The second kappa shape index (κ2) is 8.69. The third-order valence-electron chi connectivity index (χ3n) is 4.83. The third kappa shape index (κ3) is 4.60. The summed E-state index contributed by atoms with van der Waals surface area (Å²) in [5.74, 6) is -1.53. The zero-order valence-corrected chi connectivity index (χ0v) is 16.4. The second-order valence-electron chi connectivity index (χ2n) is 6.84. The van der Waals surface area contributed by atoms with Gasteiger partial charge in [0.1, 0.15) is 17.1 Å². The van der Waals surface area contributed by atoms with Gasteiger partial charge in [-0.25, -0.2) is 4.79 Å². The predicted molar refractivity (Wildman–Crippen MR) is 106 cm³/mol. The molecule has 1 amide bonds. The molecule has 8 nitrogen and oxygen atoms in total. The molecule has 1 aromatic heterocycles. The van der Waals surface area contributed by atoms with Gasteiger partial charge in [0.2, 0.25) is 5.91 Å². The number of nitrogens with one attached hydrogen (secondary N) is 1. The normalized spacial score (nSPS) is 11.8. The van der Waals surface area contributed by atoms with E-state index >= 15 is 0 Å². The van der Waals surface area contributed by atoms with Crippen LogP contribution in [-0.4, -0.2) is 30.1 Å². The lowest BCUT2D eigenvalue weighted by molar-refractivity contribution is -0.308. The van der Waals surface area contributed by atoms with Crippen molar-refractivity contribution in [1.82, 2.24) is 5.32 Å². The summed E-state index contributed by atoms with van der Waals surface area (Å²) in [6.45, 7) is 1.70. The minimum absolute atomic E-state index is 0.0283. The quantitative estimate of drug-likeness (QED) is 0.552. The number of amides is 1. The number of phenols is 1. The Kier molecular flexibility index (Phi) is 6.06. The maximum atomic E-state index is 12.5. The maximum Gasteiger partial charge on any atom is 0.340 e. The first-order valence-electron chi connectivity index (χ1n) is 9.17. The first-order valence-corrected chi connectivity index (χ1v) is 9.17. The van der Waals surface area contributed by atoms with Gasteiger partial charge in [0.15, 0.2) is 0 Å². The number of hydrogen-bond acceptors (Lipinski definition) is 7. The summed E-state index contributed by atoms with van der Waals surface area (Å²) in [4.78, 5) is 36.3. The van der Waals surface area contributed by atoms with E-state index in [9.17, 15) is 24.6 Å². The summed E-state index contributed by atoms with van der Waals surface area (Å²) in [7, 11) is 1.50. The molecule has 3 rings (SSSR count). The van der Waals surface area contributed by atoms with E-state index in [1.54, 1.807) is 37.3 Å². The van der Waals surface area contributed by atoms with E-state index in [1.807, 2.05) is 0 Å². The number of aryl methyl sites for hydroxylation is 1. The molecule has 0 unspecified atom stereocenters.